The van der Waals surface area contributed by atoms with Crippen molar-refractivity contribution in [3.8, 4) is 11.5 Å². The number of carbonyl (C=O) groups excluding carboxylic acids is 3. The first-order valence-electron chi connectivity index (χ1n) is 11.4. The second kappa shape index (κ2) is 14.5. The molecule has 34 heavy (non-hydrogen) atoms. The Labute approximate surface area is 203 Å². The first-order valence-corrected chi connectivity index (χ1v) is 14.9. The molecule has 0 aliphatic heterocycles. The largest absolute Gasteiger partial charge is 0.354 e. The summed E-state index contributed by atoms with van der Waals surface area (Å²) in [5.74, 6) is 1.67. The van der Waals surface area contributed by atoms with Gasteiger partial charge in [0.15, 0.2) is 0 Å². The molecule has 3 atom stereocenters. The van der Waals surface area contributed by atoms with Crippen molar-refractivity contribution in [2.45, 2.75) is 50.6 Å². The molecular weight excluding hydrogens is 450 g/mol. The van der Waals surface area contributed by atoms with Gasteiger partial charge in [-0.1, -0.05) is 37.7 Å². The van der Waals surface area contributed by atoms with Crippen LogP contribution in [0.3, 0.4) is 0 Å². The van der Waals surface area contributed by atoms with Crippen LogP contribution in [0.25, 0.3) is 0 Å². The predicted octanol–water partition coefficient (Wildman–Crippen LogP) is -1.86. The number of nitrogens with two attached hydrogens (primary N) is 4. The van der Waals surface area contributed by atoms with E-state index in [2.05, 4.69) is 47.1 Å². The molecule has 0 radical (unpaired) electrons. The number of amides is 3. The topological polar surface area (TPSA) is 191 Å². The summed E-state index contributed by atoms with van der Waals surface area (Å²) in [7, 11) is -1.41. The summed E-state index contributed by atoms with van der Waals surface area (Å²) >= 11 is 0. The molecule has 3 amide bonds. The van der Waals surface area contributed by atoms with E-state index in [1.165, 1.54) is 0 Å². The van der Waals surface area contributed by atoms with Gasteiger partial charge in [-0.05, 0) is 30.5 Å². The summed E-state index contributed by atoms with van der Waals surface area (Å²) in [6, 6.07) is 5.18. The SMILES string of the molecule is C[Si](C)(C)C#Cc1ccc(CCCNC(=O)C(CNC(=O)C(N)CN)NC(=O)C(N)CN)cc1. The Morgan fingerprint density at radius 3 is 2.06 bits per heavy atom. The van der Waals surface area contributed by atoms with Gasteiger partial charge in [-0.25, -0.2) is 0 Å². The summed E-state index contributed by atoms with van der Waals surface area (Å²) in [4.78, 5) is 36.6. The first-order chi connectivity index (χ1) is 16.0. The third-order valence-electron chi connectivity index (χ3n) is 4.77. The van der Waals surface area contributed by atoms with E-state index in [0.29, 0.717) is 13.0 Å². The Kier molecular flexibility index (Phi) is 12.5. The van der Waals surface area contributed by atoms with Crippen molar-refractivity contribution in [2.75, 3.05) is 26.2 Å². The molecule has 11 heteroatoms. The summed E-state index contributed by atoms with van der Waals surface area (Å²) < 4.78 is 0. The molecule has 11 N–H and O–H groups in total. The fraction of sp³-hybridized carbons (Fsp3) is 0.522. The molecule has 0 aliphatic carbocycles. The highest BCUT2D eigenvalue weighted by molar-refractivity contribution is 6.83. The van der Waals surface area contributed by atoms with Crippen LogP contribution in [-0.2, 0) is 20.8 Å². The van der Waals surface area contributed by atoms with Gasteiger partial charge in [0.25, 0.3) is 0 Å². The van der Waals surface area contributed by atoms with Crippen molar-refractivity contribution >= 4 is 25.8 Å². The third-order valence-corrected chi connectivity index (χ3v) is 5.65. The maximum atomic E-state index is 12.6. The highest BCUT2D eigenvalue weighted by atomic mass is 28.3. The van der Waals surface area contributed by atoms with Gasteiger partial charge >= 0.3 is 0 Å². The van der Waals surface area contributed by atoms with E-state index in [0.717, 1.165) is 17.5 Å². The van der Waals surface area contributed by atoms with Gasteiger partial charge in [-0.3, -0.25) is 14.4 Å². The van der Waals surface area contributed by atoms with Crippen LogP contribution in [0.15, 0.2) is 24.3 Å². The molecular formula is C23H39N7O3Si. The zero-order valence-corrected chi connectivity index (χ0v) is 21.3. The molecule has 10 nitrogen and oxygen atoms in total. The molecule has 1 aromatic rings. The summed E-state index contributed by atoms with van der Waals surface area (Å²) in [5.41, 5.74) is 27.5. The fourth-order valence-electron chi connectivity index (χ4n) is 2.68. The van der Waals surface area contributed by atoms with Crippen LogP contribution < -0.4 is 38.9 Å². The molecule has 1 rings (SSSR count). The Morgan fingerprint density at radius 2 is 1.50 bits per heavy atom. The maximum Gasteiger partial charge on any atom is 0.244 e. The predicted molar refractivity (Wildman–Crippen MR) is 137 cm³/mol. The minimum atomic E-state index is -1.41. The number of benzene rings is 1. The van der Waals surface area contributed by atoms with Gasteiger partial charge in [0.2, 0.25) is 17.7 Å². The highest BCUT2D eigenvalue weighted by Crippen LogP contribution is 2.07. The lowest BCUT2D eigenvalue weighted by atomic mass is 10.1. The lowest BCUT2D eigenvalue weighted by molar-refractivity contribution is -0.130. The quantitative estimate of drug-likeness (QED) is 0.102. The standard InChI is InChI=1S/C23H39N7O3Si/c1-34(2,3)12-10-17-8-6-16(7-9-17)5-4-11-28-23(33)20(30-22(32)19(27)14-25)15-29-21(31)18(26)13-24/h6-9,18-20H,4-5,11,13-15,24-27H2,1-3H3,(H,28,33)(H,29,31)(H,30,32). The third kappa shape index (κ3) is 11.4. The van der Waals surface area contributed by atoms with Crippen LogP contribution in [0.2, 0.25) is 19.6 Å². The monoisotopic (exact) mass is 489 g/mol. The van der Waals surface area contributed by atoms with Crippen LogP contribution in [0.1, 0.15) is 17.5 Å². The van der Waals surface area contributed by atoms with Gasteiger partial charge in [0.05, 0.1) is 12.1 Å². The van der Waals surface area contributed by atoms with Crippen LogP contribution >= 0.6 is 0 Å². The molecule has 188 valence electrons. The van der Waals surface area contributed by atoms with Crippen LogP contribution in [0, 0.1) is 11.5 Å². The molecule has 0 heterocycles. The van der Waals surface area contributed by atoms with Crippen molar-refractivity contribution in [3.63, 3.8) is 0 Å². The zero-order valence-electron chi connectivity index (χ0n) is 20.3. The van der Waals surface area contributed by atoms with Gasteiger partial charge in [-0.2, -0.15) is 0 Å². The lowest BCUT2D eigenvalue weighted by Crippen LogP contribution is -2.58. The number of nitrogens with one attached hydrogen (secondary N) is 3. The average molecular weight is 490 g/mol. The lowest BCUT2D eigenvalue weighted by Gasteiger charge is -2.21. The van der Waals surface area contributed by atoms with Crippen molar-refractivity contribution in [3.05, 3.63) is 35.4 Å². The smallest absolute Gasteiger partial charge is 0.244 e. The van der Waals surface area contributed by atoms with E-state index >= 15 is 0 Å². The van der Waals surface area contributed by atoms with E-state index < -0.39 is 43.9 Å². The maximum absolute atomic E-state index is 12.6. The Balaban J connectivity index is 2.60. The fourth-order valence-corrected chi connectivity index (χ4v) is 3.20. The molecule has 0 aliphatic rings. The molecule has 1 aromatic carbocycles. The van der Waals surface area contributed by atoms with Crippen molar-refractivity contribution in [1.82, 2.24) is 16.0 Å². The summed E-state index contributed by atoms with van der Waals surface area (Å²) in [5, 5.41) is 7.81. The molecule has 0 saturated carbocycles. The Morgan fingerprint density at radius 1 is 0.912 bits per heavy atom. The van der Waals surface area contributed by atoms with Gasteiger partial charge in [0.1, 0.15) is 14.1 Å². The van der Waals surface area contributed by atoms with Crippen molar-refractivity contribution < 1.29 is 14.4 Å². The minimum absolute atomic E-state index is 0.0427. The molecule has 3 unspecified atom stereocenters. The summed E-state index contributed by atoms with van der Waals surface area (Å²) in [6.45, 7) is 6.73. The van der Waals surface area contributed by atoms with E-state index in [-0.39, 0.29) is 19.6 Å². The van der Waals surface area contributed by atoms with E-state index in [9.17, 15) is 14.4 Å². The number of hydrogen-bond donors (Lipinski definition) is 7. The highest BCUT2D eigenvalue weighted by Gasteiger charge is 2.24. The molecule has 0 saturated heterocycles. The number of carbonyl (C=O) groups is 3. The summed E-state index contributed by atoms with van der Waals surface area (Å²) in [6.07, 6.45) is 1.46. The second-order valence-corrected chi connectivity index (χ2v) is 13.8. The van der Waals surface area contributed by atoms with Crippen LogP contribution in [0.5, 0.6) is 0 Å². The van der Waals surface area contributed by atoms with E-state index in [4.69, 9.17) is 22.9 Å². The zero-order chi connectivity index (χ0) is 25.7. The normalized spacial score (nSPS) is 13.6. The Hall–Kier alpha value is -2.75. The number of hydrogen-bond acceptors (Lipinski definition) is 7. The first kappa shape index (κ1) is 29.3. The molecule has 0 fully saturated rings. The molecule has 0 spiro atoms. The second-order valence-electron chi connectivity index (χ2n) is 9.08. The number of rotatable bonds is 12. The van der Waals surface area contributed by atoms with Crippen LogP contribution in [-0.4, -0.2) is 70.1 Å². The van der Waals surface area contributed by atoms with E-state index in [1.54, 1.807) is 0 Å². The van der Waals surface area contributed by atoms with Crippen molar-refractivity contribution in [2.24, 2.45) is 22.9 Å². The number of aryl methyl sites for hydroxylation is 1. The average Bonchev–Trinajstić information content (AvgIpc) is 2.81. The van der Waals surface area contributed by atoms with Gasteiger partial charge in [0, 0.05) is 31.7 Å². The molecule has 0 aromatic heterocycles. The van der Waals surface area contributed by atoms with E-state index in [1.807, 2.05) is 24.3 Å². The van der Waals surface area contributed by atoms with Gasteiger partial charge in [-0.15, -0.1) is 5.54 Å². The van der Waals surface area contributed by atoms with Crippen molar-refractivity contribution in [1.29, 1.82) is 0 Å². The van der Waals surface area contributed by atoms with Gasteiger partial charge < -0.3 is 38.9 Å². The van der Waals surface area contributed by atoms with Crippen LogP contribution in [0.4, 0.5) is 0 Å². The molecule has 0 bridgehead atoms. The minimum Gasteiger partial charge on any atom is -0.354 e. The Bertz CT molecular complexity index is 875.